The van der Waals surface area contributed by atoms with E-state index < -0.39 is 0 Å². The topological polar surface area (TPSA) is 12.0 Å². The summed E-state index contributed by atoms with van der Waals surface area (Å²) < 4.78 is 0. The molecule has 0 aliphatic heterocycles. The monoisotopic (exact) mass is 253 g/mol. The van der Waals surface area contributed by atoms with E-state index in [0.29, 0.717) is 0 Å². The van der Waals surface area contributed by atoms with Gasteiger partial charge in [0.25, 0.3) is 0 Å². The predicted octanol–water partition coefficient (Wildman–Crippen LogP) is 4.86. The van der Waals surface area contributed by atoms with Gasteiger partial charge in [-0.2, -0.15) is 0 Å². The van der Waals surface area contributed by atoms with Crippen molar-refractivity contribution in [1.29, 1.82) is 0 Å². The smallest absolute Gasteiger partial charge is 0.00179 e. The van der Waals surface area contributed by atoms with Gasteiger partial charge in [-0.15, -0.1) is 0 Å². The van der Waals surface area contributed by atoms with Crippen molar-refractivity contribution in [3.05, 3.63) is 0 Å². The maximum Gasteiger partial charge on any atom is -0.00179 e. The van der Waals surface area contributed by atoms with E-state index in [2.05, 4.69) is 33.0 Å². The first-order chi connectivity index (χ1) is 8.71. The zero-order valence-electron chi connectivity index (χ0n) is 13.2. The Labute approximate surface area is 115 Å². The van der Waals surface area contributed by atoms with Crippen LogP contribution < -0.4 is 5.32 Å². The SMILES string of the molecule is CCCNCC1CCC(CC)CC1CC(C)CC. The Bertz CT molecular complexity index is 198. The third-order valence-electron chi connectivity index (χ3n) is 5.06. The van der Waals surface area contributed by atoms with Crippen LogP contribution in [0.15, 0.2) is 0 Å². The normalized spacial score (nSPS) is 30.3. The highest BCUT2D eigenvalue weighted by Gasteiger charge is 2.29. The Balaban J connectivity index is 2.45. The van der Waals surface area contributed by atoms with E-state index in [1.54, 1.807) is 0 Å². The molecule has 1 aliphatic rings. The minimum atomic E-state index is 0.916. The van der Waals surface area contributed by atoms with Crippen molar-refractivity contribution in [2.24, 2.45) is 23.7 Å². The molecule has 0 aromatic carbocycles. The lowest BCUT2D eigenvalue weighted by atomic mass is 9.70. The van der Waals surface area contributed by atoms with Gasteiger partial charge in [0.05, 0.1) is 0 Å². The Morgan fingerprint density at radius 1 is 1.11 bits per heavy atom. The molecule has 1 heteroatoms. The molecule has 0 bridgehead atoms. The van der Waals surface area contributed by atoms with Crippen molar-refractivity contribution >= 4 is 0 Å². The van der Waals surface area contributed by atoms with Crippen molar-refractivity contribution in [3.8, 4) is 0 Å². The summed E-state index contributed by atoms with van der Waals surface area (Å²) in [6.45, 7) is 11.9. The van der Waals surface area contributed by atoms with Crippen LogP contribution in [0.3, 0.4) is 0 Å². The van der Waals surface area contributed by atoms with Crippen LogP contribution in [0.1, 0.15) is 72.6 Å². The van der Waals surface area contributed by atoms with Gasteiger partial charge in [-0.3, -0.25) is 0 Å². The molecular formula is C17H35N. The second-order valence-corrected chi connectivity index (χ2v) is 6.56. The third kappa shape index (κ3) is 5.30. The van der Waals surface area contributed by atoms with E-state index in [1.165, 1.54) is 58.0 Å². The molecule has 18 heavy (non-hydrogen) atoms. The van der Waals surface area contributed by atoms with E-state index in [0.717, 1.165) is 23.7 Å². The fourth-order valence-corrected chi connectivity index (χ4v) is 3.50. The fourth-order valence-electron chi connectivity index (χ4n) is 3.50. The third-order valence-corrected chi connectivity index (χ3v) is 5.06. The summed E-state index contributed by atoms with van der Waals surface area (Å²) in [5.41, 5.74) is 0. The Morgan fingerprint density at radius 3 is 2.50 bits per heavy atom. The molecule has 1 aliphatic carbocycles. The Kier molecular flexibility index (Phi) is 7.97. The summed E-state index contributed by atoms with van der Waals surface area (Å²) >= 11 is 0. The van der Waals surface area contributed by atoms with Crippen LogP contribution in [0.4, 0.5) is 0 Å². The van der Waals surface area contributed by atoms with Crippen LogP contribution in [0.2, 0.25) is 0 Å². The molecule has 108 valence electrons. The molecular weight excluding hydrogens is 218 g/mol. The molecule has 0 aromatic rings. The number of hydrogen-bond acceptors (Lipinski definition) is 1. The molecule has 0 radical (unpaired) electrons. The van der Waals surface area contributed by atoms with Gasteiger partial charge in [0.2, 0.25) is 0 Å². The molecule has 1 nitrogen and oxygen atoms in total. The van der Waals surface area contributed by atoms with Crippen LogP contribution in [0.5, 0.6) is 0 Å². The van der Waals surface area contributed by atoms with Gasteiger partial charge in [-0.25, -0.2) is 0 Å². The summed E-state index contributed by atoms with van der Waals surface area (Å²) in [6.07, 6.45) is 9.92. The molecule has 1 rings (SSSR count). The summed E-state index contributed by atoms with van der Waals surface area (Å²) in [7, 11) is 0. The van der Waals surface area contributed by atoms with Gasteiger partial charge in [-0.1, -0.05) is 47.0 Å². The maximum absolute atomic E-state index is 3.66. The van der Waals surface area contributed by atoms with Gasteiger partial charge in [0.15, 0.2) is 0 Å². The second-order valence-electron chi connectivity index (χ2n) is 6.56. The summed E-state index contributed by atoms with van der Waals surface area (Å²) in [4.78, 5) is 0. The first-order valence-electron chi connectivity index (χ1n) is 8.41. The van der Waals surface area contributed by atoms with Crippen molar-refractivity contribution < 1.29 is 0 Å². The van der Waals surface area contributed by atoms with Crippen LogP contribution >= 0.6 is 0 Å². The van der Waals surface area contributed by atoms with Crippen molar-refractivity contribution in [1.82, 2.24) is 5.32 Å². The van der Waals surface area contributed by atoms with Crippen LogP contribution in [0, 0.1) is 23.7 Å². The zero-order valence-corrected chi connectivity index (χ0v) is 13.2. The molecule has 0 heterocycles. The van der Waals surface area contributed by atoms with E-state index in [9.17, 15) is 0 Å². The average molecular weight is 253 g/mol. The van der Waals surface area contributed by atoms with Crippen molar-refractivity contribution in [2.45, 2.75) is 72.6 Å². The molecule has 0 spiro atoms. The molecule has 0 amide bonds. The first kappa shape index (κ1) is 16.0. The fraction of sp³-hybridized carbons (Fsp3) is 1.00. The molecule has 4 unspecified atom stereocenters. The standard InChI is InChI=1S/C17H35N/c1-5-10-18-13-16-9-8-15(7-3)12-17(16)11-14(4)6-2/h14-18H,5-13H2,1-4H3. The molecule has 0 saturated heterocycles. The highest BCUT2D eigenvalue weighted by Crippen LogP contribution is 2.38. The maximum atomic E-state index is 3.66. The molecule has 4 atom stereocenters. The van der Waals surface area contributed by atoms with E-state index in [-0.39, 0.29) is 0 Å². The summed E-state index contributed by atoms with van der Waals surface area (Å²) in [5, 5.41) is 3.66. The lowest BCUT2D eigenvalue weighted by Crippen LogP contribution is -2.34. The summed E-state index contributed by atoms with van der Waals surface area (Å²) in [6, 6.07) is 0. The van der Waals surface area contributed by atoms with Gasteiger partial charge < -0.3 is 5.32 Å². The highest BCUT2D eigenvalue weighted by atomic mass is 14.9. The zero-order chi connectivity index (χ0) is 13.4. The van der Waals surface area contributed by atoms with Gasteiger partial charge in [0, 0.05) is 0 Å². The Hall–Kier alpha value is -0.0400. The van der Waals surface area contributed by atoms with Gasteiger partial charge >= 0.3 is 0 Å². The largest absolute Gasteiger partial charge is 0.316 e. The summed E-state index contributed by atoms with van der Waals surface area (Å²) in [5.74, 6) is 3.87. The minimum absolute atomic E-state index is 0.916. The first-order valence-corrected chi connectivity index (χ1v) is 8.41. The van der Waals surface area contributed by atoms with Crippen molar-refractivity contribution in [2.75, 3.05) is 13.1 Å². The molecule has 1 saturated carbocycles. The van der Waals surface area contributed by atoms with E-state index in [1.807, 2.05) is 0 Å². The van der Waals surface area contributed by atoms with Crippen LogP contribution in [-0.4, -0.2) is 13.1 Å². The Morgan fingerprint density at radius 2 is 1.89 bits per heavy atom. The van der Waals surface area contributed by atoms with Crippen LogP contribution in [-0.2, 0) is 0 Å². The number of hydrogen-bond donors (Lipinski definition) is 1. The minimum Gasteiger partial charge on any atom is -0.316 e. The molecule has 1 N–H and O–H groups in total. The predicted molar refractivity (Wildman–Crippen MR) is 81.8 cm³/mol. The van der Waals surface area contributed by atoms with Gasteiger partial charge in [-0.05, 0) is 62.4 Å². The average Bonchev–Trinajstić information content (AvgIpc) is 2.40. The van der Waals surface area contributed by atoms with Crippen LogP contribution in [0.25, 0.3) is 0 Å². The number of rotatable bonds is 8. The van der Waals surface area contributed by atoms with Crippen molar-refractivity contribution in [3.63, 3.8) is 0 Å². The lowest BCUT2D eigenvalue weighted by molar-refractivity contribution is 0.146. The molecule has 0 aromatic heterocycles. The second kappa shape index (κ2) is 8.96. The van der Waals surface area contributed by atoms with E-state index >= 15 is 0 Å². The lowest BCUT2D eigenvalue weighted by Gasteiger charge is -2.37. The van der Waals surface area contributed by atoms with Gasteiger partial charge in [0.1, 0.15) is 0 Å². The number of nitrogens with one attached hydrogen (secondary N) is 1. The quantitative estimate of drug-likeness (QED) is 0.609. The molecule has 1 fully saturated rings. The highest BCUT2D eigenvalue weighted by molar-refractivity contribution is 4.82. The van der Waals surface area contributed by atoms with E-state index in [4.69, 9.17) is 0 Å².